The molecule has 0 aliphatic carbocycles. The normalized spacial score (nSPS) is 13.3. The summed E-state index contributed by atoms with van der Waals surface area (Å²) in [6.45, 7) is 12.5. The molecule has 2 aromatic carbocycles. The molecule has 0 atom stereocenters. The zero-order valence-corrected chi connectivity index (χ0v) is 21.8. The van der Waals surface area contributed by atoms with E-state index >= 15 is 0 Å². The molecule has 1 N–H and O–H groups in total. The van der Waals surface area contributed by atoms with E-state index in [2.05, 4.69) is 16.3 Å². The molecule has 2 aromatic rings. The van der Waals surface area contributed by atoms with Gasteiger partial charge in [-0.05, 0) is 64.2 Å². The number of para-hydroxylation sites is 2. The lowest BCUT2D eigenvalue weighted by Gasteiger charge is -2.37. The quantitative estimate of drug-likeness (QED) is 0.488. The number of hydrogen-bond acceptors (Lipinski definition) is 7. The smallest absolute Gasteiger partial charge is 0.257 e. The maximum absolute atomic E-state index is 13.1. The van der Waals surface area contributed by atoms with Gasteiger partial charge in [-0.25, -0.2) is 0 Å². The molecule has 190 valence electrons. The standard InChI is InChI=1S/C26H35N3O5S/c1-5-31-21-12-10-9-11-20(21)28-13-15-29(16-14-28)26(35)27-25(30)19-17-22(32-6-2)24(34-8-4)23(18-19)33-7-3/h9-12,17-18H,5-8,13-16H2,1-4H3,(H,27,30,35). The number of thiocarbonyl (C=S) groups is 1. The Morgan fingerprint density at radius 2 is 1.37 bits per heavy atom. The SMILES string of the molecule is CCOc1ccccc1N1CCN(C(=S)NC(=O)c2cc(OCC)c(OCC)c(OCC)c2)CC1. The van der Waals surface area contributed by atoms with Gasteiger partial charge in [-0.2, -0.15) is 0 Å². The summed E-state index contributed by atoms with van der Waals surface area (Å²) in [5.74, 6) is 2.00. The van der Waals surface area contributed by atoms with E-state index in [4.69, 9.17) is 31.2 Å². The first-order chi connectivity index (χ1) is 17.0. The van der Waals surface area contributed by atoms with Crippen molar-refractivity contribution in [2.75, 3.05) is 57.5 Å². The first-order valence-electron chi connectivity index (χ1n) is 12.2. The maximum Gasteiger partial charge on any atom is 0.257 e. The molecule has 1 saturated heterocycles. The Balaban J connectivity index is 1.67. The molecule has 0 bridgehead atoms. The van der Waals surface area contributed by atoms with Gasteiger partial charge in [0, 0.05) is 31.7 Å². The van der Waals surface area contributed by atoms with Crippen molar-refractivity contribution in [1.29, 1.82) is 0 Å². The second-order valence-corrected chi connectivity index (χ2v) is 8.12. The third-order valence-corrected chi connectivity index (χ3v) is 5.82. The Labute approximate surface area is 213 Å². The molecule has 0 unspecified atom stereocenters. The highest BCUT2D eigenvalue weighted by Crippen LogP contribution is 2.39. The van der Waals surface area contributed by atoms with Crippen molar-refractivity contribution in [2.45, 2.75) is 27.7 Å². The van der Waals surface area contributed by atoms with Gasteiger partial charge < -0.3 is 28.7 Å². The van der Waals surface area contributed by atoms with Gasteiger partial charge in [-0.3, -0.25) is 10.1 Å². The lowest BCUT2D eigenvalue weighted by atomic mass is 10.1. The summed E-state index contributed by atoms with van der Waals surface area (Å²) in [6, 6.07) is 11.4. The van der Waals surface area contributed by atoms with Crippen LogP contribution in [0.5, 0.6) is 23.0 Å². The second kappa shape index (κ2) is 13.0. The third-order valence-electron chi connectivity index (χ3n) is 5.46. The monoisotopic (exact) mass is 501 g/mol. The number of piperazine rings is 1. The van der Waals surface area contributed by atoms with Gasteiger partial charge >= 0.3 is 0 Å². The first-order valence-corrected chi connectivity index (χ1v) is 12.6. The molecule has 9 heteroatoms. The van der Waals surface area contributed by atoms with Crippen LogP contribution in [0.15, 0.2) is 36.4 Å². The van der Waals surface area contributed by atoms with Gasteiger partial charge in [0.25, 0.3) is 5.91 Å². The van der Waals surface area contributed by atoms with Crippen LogP contribution in [0.3, 0.4) is 0 Å². The van der Waals surface area contributed by atoms with Crippen molar-refractivity contribution < 1.29 is 23.7 Å². The summed E-state index contributed by atoms with van der Waals surface area (Å²) in [6.07, 6.45) is 0. The predicted octanol–water partition coefficient (Wildman–Crippen LogP) is 4.12. The number of amides is 1. The average Bonchev–Trinajstić information content (AvgIpc) is 2.86. The molecule has 35 heavy (non-hydrogen) atoms. The summed E-state index contributed by atoms with van der Waals surface area (Å²) < 4.78 is 23.0. The van der Waals surface area contributed by atoms with Crippen LogP contribution in [0.2, 0.25) is 0 Å². The van der Waals surface area contributed by atoms with Crippen LogP contribution in [-0.4, -0.2) is 68.5 Å². The van der Waals surface area contributed by atoms with Crippen molar-refractivity contribution in [1.82, 2.24) is 10.2 Å². The number of benzene rings is 2. The van der Waals surface area contributed by atoms with E-state index in [9.17, 15) is 4.79 Å². The van der Waals surface area contributed by atoms with Gasteiger partial charge in [0.15, 0.2) is 16.6 Å². The third kappa shape index (κ3) is 6.69. The molecule has 3 rings (SSSR count). The minimum atomic E-state index is -0.316. The summed E-state index contributed by atoms with van der Waals surface area (Å²) in [5, 5.41) is 3.27. The van der Waals surface area contributed by atoms with Crippen molar-refractivity contribution in [3.63, 3.8) is 0 Å². The van der Waals surface area contributed by atoms with E-state index in [-0.39, 0.29) is 5.91 Å². The van der Waals surface area contributed by atoms with Crippen LogP contribution in [0, 0.1) is 0 Å². The number of nitrogens with zero attached hydrogens (tertiary/aromatic N) is 2. The molecule has 1 amide bonds. The Morgan fingerprint density at radius 3 is 1.94 bits per heavy atom. The molecule has 1 heterocycles. The Bertz CT molecular complexity index is 981. The maximum atomic E-state index is 13.1. The van der Waals surface area contributed by atoms with Crippen LogP contribution in [0.25, 0.3) is 0 Å². The molecule has 1 fully saturated rings. The Kier molecular flexibility index (Phi) is 9.84. The number of hydrogen-bond donors (Lipinski definition) is 1. The van der Waals surface area contributed by atoms with Crippen LogP contribution >= 0.6 is 12.2 Å². The minimum Gasteiger partial charge on any atom is -0.492 e. The number of carbonyl (C=O) groups is 1. The molecule has 0 spiro atoms. The molecule has 1 aliphatic heterocycles. The number of anilines is 1. The Morgan fingerprint density at radius 1 is 0.829 bits per heavy atom. The second-order valence-electron chi connectivity index (χ2n) is 7.73. The van der Waals surface area contributed by atoms with Gasteiger partial charge in [-0.15, -0.1) is 0 Å². The van der Waals surface area contributed by atoms with Gasteiger partial charge in [0.2, 0.25) is 5.75 Å². The largest absolute Gasteiger partial charge is 0.492 e. The predicted molar refractivity (Wildman–Crippen MR) is 141 cm³/mol. The van der Waals surface area contributed by atoms with E-state index < -0.39 is 0 Å². The van der Waals surface area contributed by atoms with Crippen LogP contribution in [0.4, 0.5) is 5.69 Å². The van der Waals surface area contributed by atoms with Gasteiger partial charge in [0.1, 0.15) is 5.75 Å². The summed E-state index contributed by atoms with van der Waals surface area (Å²) in [4.78, 5) is 17.4. The lowest BCUT2D eigenvalue weighted by Crippen LogP contribution is -2.52. The molecule has 0 radical (unpaired) electrons. The minimum absolute atomic E-state index is 0.316. The lowest BCUT2D eigenvalue weighted by molar-refractivity contribution is 0.0972. The molecular weight excluding hydrogens is 466 g/mol. The van der Waals surface area contributed by atoms with Crippen LogP contribution in [-0.2, 0) is 0 Å². The first kappa shape index (κ1) is 26.4. The topological polar surface area (TPSA) is 72.5 Å². The van der Waals surface area contributed by atoms with E-state index in [0.717, 1.165) is 24.5 Å². The zero-order chi connectivity index (χ0) is 25.2. The van der Waals surface area contributed by atoms with Gasteiger partial charge in [-0.1, -0.05) is 12.1 Å². The number of nitrogens with one attached hydrogen (secondary N) is 1. The fourth-order valence-electron chi connectivity index (χ4n) is 3.91. The van der Waals surface area contributed by atoms with E-state index in [1.165, 1.54) is 0 Å². The molecular formula is C26H35N3O5S. The summed E-state index contributed by atoms with van der Waals surface area (Å²) >= 11 is 5.57. The van der Waals surface area contributed by atoms with Gasteiger partial charge in [0.05, 0.1) is 32.1 Å². The zero-order valence-electron chi connectivity index (χ0n) is 21.0. The summed E-state index contributed by atoms with van der Waals surface area (Å²) in [7, 11) is 0. The highest BCUT2D eigenvalue weighted by molar-refractivity contribution is 7.80. The Hall–Kier alpha value is -3.20. The number of rotatable bonds is 10. The molecule has 1 aliphatic rings. The molecule has 0 saturated carbocycles. The number of ether oxygens (including phenoxy) is 4. The summed E-state index contributed by atoms with van der Waals surface area (Å²) in [5.41, 5.74) is 1.47. The fourth-order valence-corrected chi connectivity index (χ4v) is 4.19. The molecule has 8 nitrogen and oxygen atoms in total. The van der Waals surface area contributed by atoms with Crippen molar-refractivity contribution in [3.05, 3.63) is 42.0 Å². The van der Waals surface area contributed by atoms with E-state index in [0.29, 0.717) is 67.4 Å². The number of carbonyl (C=O) groups excluding carboxylic acids is 1. The average molecular weight is 502 g/mol. The highest BCUT2D eigenvalue weighted by Gasteiger charge is 2.24. The van der Waals surface area contributed by atoms with Crippen LogP contribution in [0.1, 0.15) is 38.1 Å². The molecule has 0 aromatic heterocycles. The van der Waals surface area contributed by atoms with E-state index in [1.54, 1.807) is 12.1 Å². The van der Waals surface area contributed by atoms with Crippen molar-refractivity contribution >= 4 is 28.9 Å². The van der Waals surface area contributed by atoms with Crippen molar-refractivity contribution in [3.8, 4) is 23.0 Å². The highest BCUT2D eigenvalue weighted by atomic mass is 32.1. The van der Waals surface area contributed by atoms with Crippen molar-refractivity contribution in [2.24, 2.45) is 0 Å². The van der Waals surface area contributed by atoms with E-state index in [1.807, 2.05) is 50.8 Å². The van der Waals surface area contributed by atoms with Crippen LogP contribution < -0.4 is 29.2 Å². The fraction of sp³-hybridized carbons (Fsp3) is 0.462.